The minimum atomic E-state index is 0.507. The van der Waals surface area contributed by atoms with E-state index in [1.54, 1.807) is 6.20 Å². The van der Waals surface area contributed by atoms with Gasteiger partial charge in [-0.25, -0.2) is 15.0 Å². The number of aromatic nitrogens is 3. The summed E-state index contributed by atoms with van der Waals surface area (Å²) < 4.78 is 5.36. The molecule has 0 amide bonds. The van der Waals surface area contributed by atoms with Gasteiger partial charge >= 0.3 is 0 Å². The van der Waals surface area contributed by atoms with E-state index in [2.05, 4.69) is 25.6 Å². The fourth-order valence-corrected chi connectivity index (χ4v) is 1.44. The Bertz CT molecular complexity index is 508. The summed E-state index contributed by atoms with van der Waals surface area (Å²) in [6, 6.07) is 1.84. The van der Waals surface area contributed by atoms with Crippen molar-refractivity contribution in [2.24, 2.45) is 0 Å². The van der Waals surface area contributed by atoms with Gasteiger partial charge < -0.3 is 15.1 Å². The van der Waals surface area contributed by atoms with Gasteiger partial charge in [0.05, 0.1) is 12.7 Å². The van der Waals surface area contributed by atoms with E-state index in [4.69, 9.17) is 4.42 Å². The highest BCUT2D eigenvalue weighted by molar-refractivity contribution is 5.46. The molecule has 0 atom stereocenters. The SMILES string of the molecule is CNc1cc(NCc2ncc(C)o2)nc(C)n1. The lowest BCUT2D eigenvalue weighted by atomic mass is 10.4. The van der Waals surface area contributed by atoms with Crippen LogP contribution in [0, 0.1) is 13.8 Å². The van der Waals surface area contributed by atoms with Crippen LogP contribution in [0.5, 0.6) is 0 Å². The van der Waals surface area contributed by atoms with Crippen molar-refractivity contribution < 1.29 is 4.42 Å². The summed E-state index contributed by atoms with van der Waals surface area (Å²) in [4.78, 5) is 12.6. The largest absolute Gasteiger partial charge is 0.444 e. The van der Waals surface area contributed by atoms with Crippen LogP contribution in [0.1, 0.15) is 17.5 Å². The summed E-state index contributed by atoms with van der Waals surface area (Å²) in [5.74, 6) is 3.69. The first-order chi connectivity index (χ1) is 8.17. The van der Waals surface area contributed by atoms with Gasteiger partial charge in [-0.15, -0.1) is 0 Å². The van der Waals surface area contributed by atoms with Crippen molar-refractivity contribution in [3.8, 4) is 0 Å². The highest BCUT2D eigenvalue weighted by Crippen LogP contribution is 2.11. The van der Waals surface area contributed by atoms with Crippen molar-refractivity contribution in [3.63, 3.8) is 0 Å². The minimum Gasteiger partial charge on any atom is -0.444 e. The molecule has 0 aliphatic carbocycles. The van der Waals surface area contributed by atoms with Gasteiger partial charge in [0.25, 0.3) is 0 Å². The molecule has 17 heavy (non-hydrogen) atoms. The Morgan fingerprint density at radius 1 is 1.24 bits per heavy atom. The third kappa shape index (κ3) is 2.93. The van der Waals surface area contributed by atoms with Crippen LogP contribution in [0.25, 0.3) is 0 Å². The molecule has 2 aromatic heterocycles. The highest BCUT2D eigenvalue weighted by Gasteiger charge is 2.03. The van der Waals surface area contributed by atoms with E-state index in [1.165, 1.54) is 0 Å². The predicted octanol–water partition coefficient (Wildman–Crippen LogP) is 1.74. The Labute approximate surface area is 99.5 Å². The molecule has 2 aromatic rings. The number of hydrogen-bond donors (Lipinski definition) is 2. The Balaban J connectivity index is 2.05. The molecular weight excluding hydrogens is 218 g/mol. The lowest BCUT2D eigenvalue weighted by Gasteiger charge is -2.06. The molecule has 2 heterocycles. The van der Waals surface area contributed by atoms with E-state index >= 15 is 0 Å². The Morgan fingerprint density at radius 3 is 2.65 bits per heavy atom. The average Bonchev–Trinajstić information content (AvgIpc) is 2.72. The van der Waals surface area contributed by atoms with Crippen molar-refractivity contribution >= 4 is 11.6 Å². The van der Waals surface area contributed by atoms with Gasteiger partial charge in [-0.1, -0.05) is 0 Å². The zero-order valence-corrected chi connectivity index (χ0v) is 10.1. The maximum Gasteiger partial charge on any atom is 0.213 e. The second kappa shape index (κ2) is 4.82. The van der Waals surface area contributed by atoms with Gasteiger partial charge in [-0.3, -0.25) is 0 Å². The molecule has 0 unspecified atom stereocenters. The number of oxazole rings is 1. The lowest BCUT2D eigenvalue weighted by Crippen LogP contribution is -2.05. The van der Waals surface area contributed by atoms with Gasteiger partial charge in [0.1, 0.15) is 23.2 Å². The first-order valence-electron chi connectivity index (χ1n) is 5.36. The Morgan fingerprint density at radius 2 is 2.00 bits per heavy atom. The van der Waals surface area contributed by atoms with E-state index in [1.807, 2.05) is 27.0 Å². The van der Waals surface area contributed by atoms with Crippen LogP contribution in [0.3, 0.4) is 0 Å². The molecule has 0 fully saturated rings. The van der Waals surface area contributed by atoms with Crippen molar-refractivity contribution in [3.05, 3.63) is 29.7 Å². The van der Waals surface area contributed by atoms with Crippen LogP contribution in [0.4, 0.5) is 11.6 Å². The molecule has 0 aliphatic heterocycles. The monoisotopic (exact) mass is 233 g/mol. The van der Waals surface area contributed by atoms with Crippen LogP contribution in [0.15, 0.2) is 16.7 Å². The molecule has 90 valence electrons. The molecule has 6 nitrogen and oxygen atoms in total. The molecule has 0 spiro atoms. The van der Waals surface area contributed by atoms with Crippen LogP contribution in [0.2, 0.25) is 0 Å². The molecule has 2 N–H and O–H groups in total. The van der Waals surface area contributed by atoms with Crippen LogP contribution in [-0.4, -0.2) is 22.0 Å². The second-order valence-corrected chi connectivity index (χ2v) is 3.65. The first-order valence-corrected chi connectivity index (χ1v) is 5.36. The van der Waals surface area contributed by atoms with E-state index < -0.39 is 0 Å². The fraction of sp³-hybridized carbons (Fsp3) is 0.364. The molecule has 0 aromatic carbocycles. The number of nitrogens with one attached hydrogen (secondary N) is 2. The third-order valence-electron chi connectivity index (χ3n) is 2.18. The number of rotatable bonds is 4. The maximum absolute atomic E-state index is 5.36. The van der Waals surface area contributed by atoms with Crippen molar-refractivity contribution in [2.75, 3.05) is 17.7 Å². The molecule has 0 saturated carbocycles. The zero-order valence-electron chi connectivity index (χ0n) is 10.1. The Kier molecular flexibility index (Phi) is 3.22. The number of anilines is 2. The topological polar surface area (TPSA) is 75.9 Å². The summed E-state index contributed by atoms with van der Waals surface area (Å²) in [5, 5.41) is 6.12. The van der Waals surface area contributed by atoms with E-state index in [0.29, 0.717) is 18.3 Å². The smallest absolute Gasteiger partial charge is 0.213 e. The molecule has 2 rings (SSSR count). The minimum absolute atomic E-state index is 0.507. The molecule has 0 aliphatic rings. The van der Waals surface area contributed by atoms with E-state index in [-0.39, 0.29) is 0 Å². The number of hydrogen-bond acceptors (Lipinski definition) is 6. The molecule has 0 bridgehead atoms. The normalized spacial score (nSPS) is 10.3. The Hall–Kier alpha value is -2.11. The van der Waals surface area contributed by atoms with Gasteiger partial charge in [-0.2, -0.15) is 0 Å². The van der Waals surface area contributed by atoms with Gasteiger partial charge in [0.15, 0.2) is 0 Å². The summed E-state index contributed by atoms with van der Waals surface area (Å²) in [5.41, 5.74) is 0. The van der Waals surface area contributed by atoms with Crippen molar-refractivity contribution in [1.82, 2.24) is 15.0 Å². The van der Waals surface area contributed by atoms with Crippen molar-refractivity contribution in [2.45, 2.75) is 20.4 Å². The van der Waals surface area contributed by atoms with Crippen LogP contribution in [-0.2, 0) is 6.54 Å². The first kappa shape index (κ1) is 11.4. The number of aryl methyl sites for hydroxylation is 2. The zero-order chi connectivity index (χ0) is 12.3. The lowest BCUT2D eigenvalue weighted by molar-refractivity contribution is 0.479. The quantitative estimate of drug-likeness (QED) is 0.837. The average molecular weight is 233 g/mol. The van der Waals surface area contributed by atoms with Crippen molar-refractivity contribution in [1.29, 1.82) is 0 Å². The molecule has 0 radical (unpaired) electrons. The fourth-order valence-electron chi connectivity index (χ4n) is 1.44. The van der Waals surface area contributed by atoms with Crippen LogP contribution < -0.4 is 10.6 Å². The van der Waals surface area contributed by atoms with Gasteiger partial charge in [-0.05, 0) is 13.8 Å². The second-order valence-electron chi connectivity index (χ2n) is 3.65. The maximum atomic E-state index is 5.36. The van der Waals surface area contributed by atoms with Crippen LogP contribution >= 0.6 is 0 Å². The molecule has 6 heteroatoms. The summed E-state index contributed by atoms with van der Waals surface area (Å²) in [7, 11) is 1.82. The third-order valence-corrected chi connectivity index (χ3v) is 2.18. The summed E-state index contributed by atoms with van der Waals surface area (Å²) in [6.07, 6.45) is 1.70. The summed E-state index contributed by atoms with van der Waals surface area (Å²) >= 11 is 0. The molecular formula is C11H15N5O. The van der Waals surface area contributed by atoms with E-state index in [0.717, 1.165) is 17.4 Å². The van der Waals surface area contributed by atoms with Gasteiger partial charge in [0.2, 0.25) is 5.89 Å². The predicted molar refractivity (Wildman–Crippen MR) is 64.9 cm³/mol. The highest BCUT2D eigenvalue weighted by atomic mass is 16.4. The molecule has 0 saturated heterocycles. The number of nitrogens with zero attached hydrogens (tertiary/aromatic N) is 3. The van der Waals surface area contributed by atoms with E-state index in [9.17, 15) is 0 Å². The standard InChI is InChI=1S/C11H15N5O/c1-7-5-14-11(17-7)6-13-10-4-9(12-3)15-8(2)16-10/h4-5H,6H2,1-3H3,(H2,12,13,15,16). The van der Waals surface area contributed by atoms with Gasteiger partial charge in [0, 0.05) is 13.1 Å². The summed E-state index contributed by atoms with van der Waals surface area (Å²) in [6.45, 7) is 4.22.